The zero-order valence-corrected chi connectivity index (χ0v) is 27.1. The highest BCUT2D eigenvalue weighted by molar-refractivity contribution is 5.84. The molecule has 0 unspecified atom stereocenters. The summed E-state index contributed by atoms with van der Waals surface area (Å²) in [6.45, 7) is 3.26. The number of likely N-dealkylation sites (tertiary alicyclic amines) is 1. The van der Waals surface area contributed by atoms with E-state index in [1.807, 2.05) is 36.4 Å². The van der Waals surface area contributed by atoms with Gasteiger partial charge in [0.25, 0.3) is 0 Å². The van der Waals surface area contributed by atoms with Gasteiger partial charge in [0.05, 0.1) is 22.6 Å². The van der Waals surface area contributed by atoms with E-state index in [4.69, 9.17) is 0 Å². The highest BCUT2D eigenvalue weighted by atomic mass is 19.4. The molecule has 1 aliphatic heterocycles. The van der Waals surface area contributed by atoms with E-state index < -0.39 is 40.8 Å². The molecule has 1 N–H and O–H groups in total. The second-order valence-corrected chi connectivity index (χ2v) is 13.5. The quantitative estimate of drug-likeness (QED) is 0.247. The molecular formula is C37H43F6N3O. The lowest BCUT2D eigenvalue weighted by atomic mass is 9.73. The van der Waals surface area contributed by atoms with Gasteiger partial charge >= 0.3 is 12.4 Å². The first kappa shape index (κ1) is 35.0. The van der Waals surface area contributed by atoms with Crippen LogP contribution in [0.1, 0.15) is 79.2 Å². The maximum absolute atomic E-state index is 13.7. The van der Waals surface area contributed by atoms with Crippen molar-refractivity contribution in [3.05, 3.63) is 107 Å². The number of carbonyl (C=O) groups excluding carboxylic acids is 1. The van der Waals surface area contributed by atoms with E-state index in [2.05, 4.69) is 53.5 Å². The van der Waals surface area contributed by atoms with Gasteiger partial charge in [-0.05, 0) is 101 Å². The first-order valence-electron chi connectivity index (χ1n) is 16.2. The number of rotatable bonds is 8. The Morgan fingerprint density at radius 3 is 1.83 bits per heavy atom. The summed E-state index contributed by atoms with van der Waals surface area (Å²) >= 11 is 0. The molecule has 1 heterocycles. The van der Waals surface area contributed by atoms with Crippen LogP contribution in [0.2, 0.25) is 0 Å². The van der Waals surface area contributed by atoms with E-state index in [1.54, 1.807) is 0 Å². The molecule has 0 bridgehead atoms. The highest BCUT2D eigenvalue weighted by Crippen LogP contribution is 2.42. The molecule has 0 aromatic heterocycles. The Kier molecular flexibility index (Phi) is 10.1. The fraction of sp³-hybridized carbons (Fsp3) is 0.486. The predicted molar refractivity (Wildman–Crippen MR) is 171 cm³/mol. The highest BCUT2D eigenvalue weighted by Gasteiger charge is 2.44. The molecule has 47 heavy (non-hydrogen) atoms. The SMILES string of the molecule is C[C@H](C(=O)NC1(c2ccccc2)CCC(N2CCC(Cc3ccccc3)(N(C)C)CC2)CC1)c1cc(C(F)(F)F)cc(C(F)(F)F)c1. The maximum Gasteiger partial charge on any atom is 0.416 e. The number of likely N-dealkylation sites (N-methyl/N-ethyl adjacent to an activating group) is 1. The number of piperidine rings is 1. The molecule has 1 saturated carbocycles. The van der Waals surface area contributed by atoms with Crippen molar-refractivity contribution in [1.29, 1.82) is 0 Å². The average Bonchev–Trinajstić information content (AvgIpc) is 3.05. The topological polar surface area (TPSA) is 35.6 Å². The van der Waals surface area contributed by atoms with Gasteiger partial charge in [-0.3, -0.25) is 4.79 Å². The van der Waals surface area contributed by atoms with Crippen LogP contribution in [0.25, 0.3) is 0 Å². The van der Waals surface area contributed by atoms with Crippen LogP contribution in [-0.2, 0) is 29.1 Å². The Labute approximate surface area is 273 Å². The van der Waals surface area contributed by atoms with Gasteiger partial charge in [-0.2, -0.15) is 26.3 Å². The predicted octanol–water partition coefficient (Wildman–Crippen LogP) is 8.42. The molecule has 0 radical (unpaired) electrons. The van der Waals surface area contributed by atoms with Gasteiger partial charge < -0.3 is 15.1 Å². The second kappa shape index (κ2) is 13.6. The van der Waals surface area contributed by atoms with Crippen molar-refractivity contribution < 1.29 is 31.1 Å². The number of nitrogens with one attached hydrogen (secondary N) is 1. The van der Waals surface area contributed by atoms with E-state index in [1.165, 1.54) is 12.5 Å². The standard InChI is InChI=1S/C37H43F6N3O/c1-26(28-22-30(36(38,39)40)24-31(23-28)37(41,42)43)33(47)44-35(29-12-8-5-9-13-29)16-14-32(15-17-35)46-20-18-34(19-21-46,45(2)3)25-27-10-6-4-7-11-27/h4-13,22-24,26,32H,14-21,25H2,1-3H3,(H,44,47)/t26-,32?,35?/m0/s1. The Hall–Kier alpha value is -3.37. The molecule has 3 aromatic rings. The summed E-state index contributed by atoms with van der Waals surface area (Å²) in [5, 5.41) is 3.12. The van der Waals surface area contributed by atoms with Gasteiger partial charge in [-0.25, -0.2) is 0 Å². The molecule has 1 saturated heterocycles. The van der Waals surface area contributed by atoms with Crippen molar-refractivity contribution in [2.24, 2.45) is 0 Å². The van der Waals surface area contributed by atoms with Crippen molar-refractivity contribution in [2.75, 3.05) is 27.2 Å². The molecule has 254 valence electrons. The Morgan fingerprint density at radius 2 is 1.34 bits per heavy atom. The van der Waals surface area contributed by atoms with Crippen molar-refractivity contribution in [2.45, 2.75) is 87.3 Å². The van der Waals surface area contributed by atoms with Gasteiger partial charge in [0.1, 0.15) is 0 Å². The van der Waals surface area contributed by atoms with E-state index in [-0.39, 0.29) is 17.2 Å². The van der Waals surface area contributed by atoms with Crippen LogP contribution in [-0.4, -0.2) is 54.5 Å². The number of hydrogen-bond acceptors (Lipinski definition) is 3. The van der Waals surface area contributed by atoms with Crippen LogP contribution in [0.15, 0.2) is 78.9 Å². The van der Waals surface area contributed by atoms with Gasteiger partial charge in [-0.1, -0.05) is 60.7 Å². The van der Waals surface area contributed by atoms with Crippen molar-refractivity contribution in [3.8, 4) is 0 Å². The minimum atomic E-state index is -4.99. The molecule has 10 heteroatoms. The van der Waals surface area contributed by atoms with Crippen molar-refractivity contribution in [1.82, 2.24) is 15.1 Å². The van der Waals surface area contributed by atoms with Crippen LogP contribution in [0.5, 0.6) is 0 Å². The maximum atomic E-state index is 13.7. The lowest BCUT2D eigenvalue weighted by molar-refractivity contribution is -0.143. The van der Waals surface area contributed by atoms with Gasteiger partial charge in [0.15, 0.2) is 0 Å². The molecule has 5 rings (SSSR count). The monoisotopic (exact) mass is 659 g/mol. The van der Waals surface area contributed by atoms with Crippen molar-refractivity contribution in [3.63, 3.8) is 0 Å². The summed E-state index contributed by atoms with van der Waals surface area (Å²) < 4.78 is 81.3. The summed E-state index contributed by atoms with van der Waals surface area (Å²) in [6.07, 6.45) is -4.11. The summed E-state index contributed by atoms with van der Waals surface area (Å²) in [6, 6.07) is 21.7. The van der Waals surface area contributed by atoms with Crippen molar-refractivity contribution >= 4 is 5.91 Å². The summed E-state index contributed by atoms with van der Waals surface area (Å²) in [4.78, 5) is 18.6. The van der Waals surface area contributed by atoms with E-state index in [9.17, 15) is 31.1 Å². The number of nitrogens with zero attached hydrogens (tertiary/aromatic N) is 2. The Balaban J connectivity index is 1.31. The Bertz CT molecular complexity index is 1460. The third-order valence-corrected chi connectivity index (χ3v) is 10.6. The lowest BCUT2D eigenvalue weighted by Gasteiger charge is -2.50. The van der Waals surface area contributed by atoms with Gasteiger partial charge in [-0.15, -0.1) is 0 Å². The first-order chi connectivity index (χ1) is 22.1. The first-order valence-corrected chi connectivity index (χ1v) is 16.2. The molecular weight excluding hydrogens is 616 g/mol. The second-order valence-electron chi connectivity index (χ2n) is 13.5. The third-order valence-electron chi connectivity index (χ3n) is 10.6. The van der Waals surface area contributed by atoms with Crippen LogP contribution < -0.4 is 5.32 Å². The van der Waals surface area contributed by atoms with E-state index in [0.29, 0.717) is 31.0 Å². The molecule has 2 fully saturated rings. The lowest BCUT2D eigenvalue weighted by Crippen LogP contribution is -2.57. The molecule has 1 aliphatic carbocycles. The molecule has 0 spiro atoms. The minimum absolute atomic E-state index is 0.0693. The fourth-order valence-corrected chi connectivity index (χ4v) is 7.49. The summed E-state index contributed by atoms with van der Waals surface area (Å²) in [5.74, 6) is -1.84. The minimum Gasteiger partial charge on any atom is -0.346 e. The largest absolute Gasteiger partial charge is 0.416 e. The molecule has 1 atom stereocenters. The number of carbonyl (C=O) groups is 1. The number of hydrogen-bond donors (Lipinski definition) is 1. The molecule has 3 aromatic carbocycles. The van der Waals surface area contributed by atoms with Crippen LogP contribution >= 0.6 is 0 Å². The van der Waals surface area contributed by atoms with E-state index >= 15 is 0 Å². The average molecular weight is 660 g/mol. The van der Waals surface area contributed by atoms with Crippen LogP contribution in [0, 0.1) is 0 Å². The van der Waals surface area contributed by atoms with Gasteiger partial charge in [0, 0.05) is 24.7 Å². The van der Waals surface area contributed by atoms with Gasteiger partial charge in [0.2, 0.25) is 5.91 Å². The number of halogens is 6. The fourth-order valence-electron chi connectivity index (χ4n) is 7.49. The van der Waals surface area contributed by atoms with Crippen LogP contribution in [0.4, 0.5) is 26.3 Å². The number of alkyl halides is 6. The van der Waals surface area contributed by atoms with E-state index in [0.717, 1.165) is 50.8 Å². The molecule has 4 nitrogen and oxygen atoms in total. The summed E-state index contributed by atoms with van der Waals surface area (Å²) in [7, 11) is 4.31. The normalized spacial score (nSPS) is 23.0. The summed E-state index contributed by atoms with van der Waals surface area (Å²) in [5.41, 5.74) is -1.69. The van der Waals surface area contributed by atoms with Crippen LogP contribution in [0.3, 0.4) is 0 Å². The number of amides is 1. The smallest absolute Gasteiger partial charge is 0.346 e. The third kappa shape index (κ3) is 7.86. The zero-order valence-electron chi connectivity index (χ0n) is 27.1. The Morgan fingerprint density at radius 1 is 0.830 bits per heavy atom. The molecule has 1 amide bonds. The molecule has 2 aliphatic rings. The number of benzene rings is 3. The zero-order chi connectivity index (χ0) is 34.0.